The van der Waals surface area contributed by atoms with Gasteiger partial charge in [0.25, 0.3) is 5.91 Å². The molecule has 1 aliphatic heterocycles. The number of para-hydroxylation sites is 4. The van der Waals surface area contributed by atoms with Crippen LogP contribution in [0, 0.1) is 0 Å². The van der Waals surface area contributed by atoms with Crippen LogP contribution in [-0.2, 0) is 24.2 Å². The Morgan fingerprint density at radius 3 is 2.67 bits per heavy atom. The highest BCUT2D eigenvalue weighted by molar-refractivity contribution is 5.97. The molecule has 0 aliphatic carbocycles. The molecule has 2 amide bonds. The predicted octanol–water partition coefficient (Wildman–Crippen LogP) is 4.39. The number of hydrogen-bond donors (Lipinski definition) is 1. The van der Waals surface area contributed by atoms with Crippen LogP contribution in [0.3, 0.4) is 0 Å². The van der Waals surface area contributed by atoms with E-state index in [9.17, 15) is 9.59 Å². The summed E-state index contributed by atoms with van der Waals surface area (Å²) in [4.78, 5) is 32.8. The zero-order valence-corrected chi connectivity index (χ0v) is 20.4. The van der Waals surface area contributed by atoms with Gasteiger partial charge in [0.15, 0.2) is 0 Å². The summed E-state index contributed by atoms with van der Waals surface area (Å²) in [5.41, 5.74) is 4.57. The summed E-state index contributed by atoms with van der Waals surface area (Å²) < 4.78 is 7.32. The molecule has 1 aromatic heterocycles. The molecule has 0 atom stereocenters. The quantitative estimate of drug-likeness (QED) is 0.378. The molecular formula is C29H30N4O3. The second kappa shape index (κ2) is 10.6. The molecule has 1 aliphatic rings. The maximum Gasteiger partial charge on any atom is 0.255 e. The van der Waals surface area contributed by atoms with Crippen LogP contribution < -0.4 is 15.0 Å². The lowest BCUT2D eigenvalue weighted by Crippen LogP contribution is -2.38. The van der Waals surface area contributed by atoms with Crippen molar-refractivity contribution in [3.8, 4) is 5.75 Å². The van der Waals surface area contributed by atoms with E-state index in [-0.39, 0.29) is 18.4 Å². The van der Waals surface area contributed by atoms with Gasteiger partial charge in [0.2, 0.25) is 5.91 Å². The van der Waals surface area contributed by atoms with E-state index in [1.165, 1.54) is 5.56 Å². The number of benzene rings is 3. The van der Waals surface area contributed by atoms with Crippen LogP contribution >= 0.6 is 0 Å². The first kappa shape index (κ1) is 23.6. The molecule has 36 heavy (non-hydrogen) atoms. The van der Waals surface area contributed by atoms with Crippen molar-refractivity contribution in [1.82, 2.24) is 14.9 Å². The topological polar surface area (TPSA) is 76.5 Å². The van der Waals surface area contributed by atoms with Crippen molar-refractivity contribution >= 4 is 28.5 Å². The van der Waals surface area contributed by atoms with Crippen molar-refractivity contribution in [2.75, 3.05) is 25.1 Å². The lowest BCUT2D eigenvalue weighted by atomic mass is 10.0. The highest BCUT2D eigenvalue weighted by Crippen LogP contribution is 2.27. The molecule has 0 spiro atoms. The average Bonchev–Trinajstić information content (AvgIpc) is 3.27. The molecule has 184 valence electrons. The molecule has 0 bridgehead atoms. The molecular weight excluding hydrogens is 452 g/mol. The van der Waals surface area contributed by atoms with Gasteiger partial charge in [0, 0.05) is 25.2 Å². The number of methoxy groups -OCH3 is 1. The number of nitrogens with one attached hydrogen (secondary N) is 1. The van der Waals surface area contributed by atoms with Gasteiger partial charge in [-0.1, -0.05) is 42.5 Å². The zero-order chi connectivity index (χ0) is 24.9. The number of aryl methyl sites for hydroxylation is 2. The van der Waals surface area contributed by atoms with Crippen molar-refractivity contribution in [3.63, 3.8) is 0 Å². The zero-order valence-electron chi connectivity index (χ0n) is 20.4. The second-order valence-electron chi connectivity index (χ2n) is 8.94. The van der Waals surface area contributed by atoms with Crippen LogP contribution in [0.2, 0.25) is 0 Å². The largest absolute Gasteiger partial charge is 0.496 e. The lowest BCUT2D eigenvalue weighted by molar-refractivity contribution is -0.119. The van der Waals surface area contributed by atoms with Gasteiger partial charge in [-0.25, -0.2) is 4.98 Å². The van der Waals surface area contributed by atoms with Crippen molar-refractivity contribution in [2.45, 2.75) is 32.2 Å². The summed E-state index contributed by atoms with van der Waals surface area (Å²) in [5.74, 6) is 1.30. The number of hydrogen-bond acceptors (Lipinski definition) is 4. The maximum absolute atomic E-state index is 13.5. The minimum absolute atomic E-state index is 0.0658. The van der Waals surface area contributed by atoms with Crippen molar-refractivity contribution in [1.29, 1.82) is 0 Å². The first-order chi connectivity index (χ1) is 17.7. The summed E-state index contributed by atoms with van der Waals surface area (Å²) in [7, 11) is 1.56. The molecule has 3 aromatic carbocycles. The van der Waals surface area contributed by atoms with Crippen molar-refractivity contribution in [2.24, 2.45) is 0 Å². The van der Waals surface area contributed by atoms with E-state index in [1.807, 2.05) is 64.1 Å². The van der Waals surface area contributed by atoms with E-state index in [4.69, 9.17) is 9.72 Å². The van der Waals surface area contributed by atoms with Gasteiger partial charge < -0.3 is 19.5 Å². The number of nitrogens with zero attached hydrogens (tertiary/aromatic N) is 3. The minimum Gasteiger partial charge on any atom is -0.496 e. The van der Waals surface area contributed by atoms with Crippen LogP contribution in [0.1, 0.15) is 34.6 Å². The Morgan fingerprint density at radius 2 is 1.78 bits per heavy atom. The summed E-state index contributed by atoms with van der Waals surface area (Å²) in [6.45, 7) is 1.46. The molecule has 0 saturated carbocycles. The number of imidazole rings is 1. The van der Waals surface area contributed by atoms with Crippen molar-refractivity contribution < 1.29 is 14.3 Å². The number of amides is 2. The molecule has 0 fully saturated rings. The monoisotopic (exact) mass is 482 g/mol. The summed E-state index contributed by atoms with van der Waals surface area (Å²) in [6.07, 6.45) is 3.31. The number of carbonyl (C=O) groups excluding carboxylic acids is 2. The van der Waals surface area contributed by atoms with E-state index in [1.54, 1.807) is 19.2 Å². The van der Waals surface area contributed by atoms with Crippen LogP contribution in [-0.4, -0.2) is 41.6 Å². The Bertz CT molecular complexity index is 1390. The number of fused-ring (bicyclic) bond motifs is 2. The Morgan fingerprint density at radius 1 is 1.00 bits per heavy atom. The van der Waals surface area contributed by atoms with Crippen LogP contribution in [0.4, 0.5) is 5.69 Å². The highest BCUT2D eigenvalue weighted by Gasteiger charge is 2.24. The third-order valence-electron chi connectivity index (χ3n) is 6.65. The molecule has 7 nitrogen and oxygen atoms in total. The van der Waals surface area contributed by atoms with Crippen LogP contribution in [0.25, 0.3) is 11.0 Å². The van der Waals surface area contributed by atoms with Gasteiger partial charge in [-0.15, -0.1) is 0 Å². The third-order valence-corrected chi connectivity index (χ3v) is 6.65. The minimum atomic E-state index is -0.167. The second-order valence-corrected chi connectivity index (χ2v) is 8.94. The van der Waals surface area contributed by atoms with E-state index >= 15 is 0 Å². The first-order valence-electron chi connectivity index (χ1n) is 12.4. The molecule has 7 heteroatoms. The molecule has 4 aromatic rings. The average molecular weight is 483 g/mol. The van der Waals surface area contributed by atoms with Gasteiger partial charge in [-0.05, 0) is 55.2 Å². The van der Waals surface area contributed by atoms with Gasteiger partial charge >= 0.3 is 0 Å². The van der Waals surface area contributed by atoms with Gasteiger partial charge in [-0.2, -0.15) is 0 Å². The fourth-order valence-electron chi connectivity index (χ4n) is 4.88. The van der Waals surface area contributed by atoms with Crippen molar-refractivity contribution in [3.05, 3.63) is 89.7 Å². The standard InChI is InChI=1S/C29H30N4O3/c1-36-26-16-7-3-12-22(26)29(35)30-18-8-17-27-31-23-13-4-6-15-25(23)33(27)20-28(34)32-19-9-11-21-10-2-5-14-24(21)32/h2-7,10,12-16H,8-9,11,17-20H2,1H3,(H,30,35). The summed E-state index contributed by atoms with van der Waals surface area (Å²) >= 11 is 0. The van der Waals surface area contributed by atoms with Crippen LogP contribution in [0.15, 0.2) is 72.8 Å². The molecule has 5 rings (SSSR count). The Hall–Kier alpha value is -4.13. The van der Waals surface area contributed by atoms with E-state index in [0.717, 1.165) is 41.9 Å². The molecule has 0 saturated heterocycles. The Balaban J connectivity index is 1.29. The normalized spacial score (nSPS) is 12.9. The number of aromatic nitrogens is 2. The molecule has 0 unspecified atom stereocenters. The SMILES string of the molecule is COc1ccccc1C(=O)NCCCc1nc2ccccc2n1CC(=O)N1CCCc2ccccc21. The Kier molecular flexibility index (Phi) is 6.98. The van der Waals surface area contributed by atoms with E-state index in [2.05, 4.69) is 11.4 Å². The maximum atomic E-state index is 13.5. The number of rotatable bonds is 8. The fourth-order valence-corrected chi connectivity index (χ4v) is 4.88. The van der Waals surface area contributed by atoms with Crippen LogP contribution in [0.5, 0.6) is 5.75 Å². The van der Waals surface area contributed by atoms with E-state index < -0.39 is 0 Å². The van der Waals surface area contributed by atoms with Gasteiger partial charge in [-0.3, -0.25) is 9.59 Å². The fraction of sp³-hybridized carbons (Fsp3) is 0.276. The Labute approximate surface area is 210 Å². The molecule has 1 N–H and O–H groups in total. The van der Waals surface area contributed by atoms with Gasteiger partial charge in [0.1, 0.15) is 18.1 Å². The van der Waals surface area contributed by atoms with E-state index in [0.29, 0.717) is 30.7 Å². The third kappa shape index (κ3) is 4.82. The molecule has 2 heterocycles. The molecule has 0 radical (unpaired) electrons. The smallest absolute Gasteiger partial charge is 0.255 e. The number of carbonyl (C=O) groups is 2. The summed E-state index contributed by atoms with van der Waals surface area (Å²) in [6, 6.07) is 23.2. The predicted molar refractivity (Wildman–Crippen MR) is 140 cm³/mol. The number of anilines is 1. The highest BCUT2D eigenvalue weighted by atomic mass is 16.5. The van der Waals surface area contributed by atoms with Gasteiger partial charge in [0.05, 0.1) is 23.7 Å². The summed E-state index contributed by atoms with van der Waals surface area (Å²) in [5, 5.41) is 2.97. The number of ether oxygens (including phenoxy) is 1. The first-order valence-corrected chi connectivity index (χ1v) is 12.4. The lowest BCUT2D eigenvalue weighted by Gasteiger charge is -2.29.